The van der Waals surface area contributed by atoms with E-state index in [-0.39, 0.29) is 11.8 Å². The molecule has 0 radical (unpaired) electrons. The van der Waals surface area contributed by atoms with Crippen LogP contribution in [0, 0.1) is 21.7 Å². The van der Waals surface area contributed by atoms with Crippen LogP contribution < -0.4 is 10.5 Å². The number of hydrogen-bond acceptors (Lipinski definition) is 4. The molecule has 7 heteroatoms. The molecule has 2 aromatic rings. The molecule has 0 spiro atoms. The molecule has 0 saturated heterocycles. The fourth-order valence-electron chi connectivity index (χ4n) is 1.70. The van der Waals surface area contributed by atoms with Crippen molar-refractivity contribution >= 4 is 5.69 Å². The first kappa shape index (κ1) is 14.9. The van der Waals surface area contributed by atoms with Gasteiger partial charge in [0.1, 0.15) is 5.75 Å². The van der Waals surface area contributed by atoms with Gasteiger partial charge in [0, 0.05) is 12.1 Å². The summed E-state index contributed by atoms with van der Waals surface area (Å²) in [5.74, 6) is -2.33. The summed E-state index contributed by atoms with van der Waals surface area (Å²) in [4.78, 5) is 9.49. The second-order valence-electron chi connectivity index (χ2n) is 4.45. The molecule has 2 N–H and O–H groups in total. The second-order valence-corrected chi connectivity index (χ2v) is 4.45. The molecule has 5 nitrogen and oxygen atoms in total. The monoisotopic (exact) mass is 294 g/mol. The summed E-state index contributed by atoms with van der Waals surface area (Å²) in [5.41, 5.74) is 5.61. The lowest BCUT2D eigenvalue weighted by molar-refractivity contribution is -0.387. The van der Waals surface area contributed by atoms with Crippen LogP contribution >= 0.6 is 0 Å². The lowest BCUT2D eigenvalue weighted by Gasteiger charge is -2.09. The zero-order valence-corrected chi connectivity index (χ0v) is 11.0. The van der Waals surface area contributed by atoms with Crippen LogP contribution in [-0.2, 0) is 0 Å². The van der Waals surface area contributed by atoms with Gasteiger partial charge < -0.3 is 10.5 Å². The molecule has 0 aromatic heterocycles. The van der Waals surface area contributed by atoms with Gasteiger partial charge in [0.2, 0.25) is 5.82 Å². The summed E-state index contributed by atoms with van der Waals surface area (Å²) in [7, 11) is 0. The lowest BCUT2D eigenvalue weighted by Crippen LogP contribution is -2.04. The van der Waals surface area contributed by atoms with E-state index in [1.807, 2.05) is 0 Å². The maximum Gasteiger partial charge on any atom is 0.307 e. The summed E-state index contributed by atoms with van der Waals surface area (Å²) in [5, 5.41) is 10.5. The first-order valence-corrected chi connectivity index (χ1v) is 6.05. The Kier molecular flexibility index (Phi) is 4.13. The van der Waals surface area contributed by atoms with E-state index in [9.17, 15) is 18.9 Å². The quantitative estimate of drug-likeness (QED) is 0.689. The topological polar surface area (TPSA) is 78.4 Å². The average molecular weight is 294 g/mol. The second kappa shape index (κ2) is 5.84. The van der Waals surface area contributed by atoms with Crippen molar-refractivity contribution in [3.63, 3.8) is 0 Å². The maximum absolute atomic E-state index is 13.7. The largest absolute Gasteiger partial charge is 0.454 e. The molecule has 1 atom stereocenters. The molecule has 0 fully saturated rings. The fourth-order valence-corrected chi connectivity index (χ4v) is 1.70. The normalized spacial score (nSPS) is 12.0. The van der Waals surface area contributed by atoms with E-state index in [0.29, 0.717) is 12.1 Å². The van der Waals surface area contributed by atoms with Crippen molar-refractivity contribution < 1.29 is 18.4 Å². The van der Waals surface area contributed by atoms with Crippen molar-refractivity contribution in [3.05, 3.63) is 63.7 Å². The van der Waals surface area contributed by atoms with Crippen LogP contribution in [0.4, 0.5) is 14.5 Å². The smallest absolute Gasteiger partial charge is 0.307 e. The maximum atomic E-state index is 13.7. The molecular formula is C14H12F2N2O3. The zero-order valence-electron chi connectivity index (χ0n) is 11.0. The van der Waals surface area contributed by atoms with Gasteiger partial charge >= 0.3 is 5.69 Å². The third-order valence-electron chi connectivity index (χ3n) is 2.83. The molecule has 2 aromatic carbocycles. The number of benzene rings is 2. The number of nitrogens with zero attached hydrogens (tertiary/aromatic N) is 1. The van der Waals surface area contributed by atoms with Crippen molar-refractivity contribution in [3.8, 4) is 11.5 Å². The van der Waals surface area contributed by atoms with Crippen molar-refractivity contribution in [1.82, 2.24) is 0 Å². The number of nitro groups is 1. The van der Waals surface area contributed by atoms with Crippen LogP contribution in [-0.4, -0.2) is 4.92 Å². The molecule has 0 saturated carbocycles. The first-order valence-electron chi connectivity index (χ1n) is 6.05. The van der Waals surface area contributed by atoms with Crippen LogP contribution in [0.3, 0.4) is 0 Å². The predicted octanol–water partition coefficient (Wildman–Crippen LogP) is 3.69. The summed E-state index contributed by atoms with van der Waals surface area (Å²) < 4.78 is 32.3. The van der Waals surface area contributed by atoms with Gasteiger partial charge in [0.15, 0.2) is 11.6 Å². The van der Waals surface area contributed by atoms with Gasteiger partial charge in [0.05, 0.1) is 11.0 Å². The van der Waals surface area contributed by atoms with Crippen LogP contribution in [0.15, 0.2) is 36.4 Å². The number of nitrogens with two attached hydrogens (primary N) is 1. The molecule has 0 aliphatic rings. The van der Waals surface area contributed by atoms with E-state index in [0.717, 1.165) is 5.56 Å². The van der Waals surface area contributed by atoms with E-state index in [4.69, 9.17) is 10.5 Å². The van der Waals surface area contributed by atoms with Gasteiger partial charge in [-0.25, -0.2) is 4.39 Å². The molecule has 0 aliphatic carbocycles. The average Bonchev–Trinajstić information content (AvgIpc) is 2.42. The van der Waals surface area contributed by atoms with Crippen molar-refractivity contribution in [2.45, 2.75) is 13.0 Å². The minimum Gasteiger partial charge on any atom is -0.454 e. The Bertz CT molecular complexity index is 673. The molecule has 110 valence electrons. The summed E-state index contributed by atoms with van der Waals surface area (Å²) in [6.07, 6.45) is 0. The van der Waals surface area contributed by atoms with E-state index < -0.39 is 28.0 Å². The van der Waals surface area contributed by atoms with Gasteiger partial charge in [-0.3, -0.25) is 10.1 Å². The molecule has 0 heterocycles. The zero-order chi connectivity index (χ0) is 15.6. The van der Waals surface area contributed by atoms with Gasteiger partial charge in [-0.2, -0.15) is 4.39 Å². The Morgan fingerprint density at radius 1 is 1.19 bits per heavy atom. The van der Waals surface area contributed by atoms with Crippen molar-refractivity contribution in [2.24, 2.45) is 5.73 Å². The minimum atomic E-state index is -1.16. The van der Waals surface area contributed by atoms with Crippen molar-refractivity contribution in [2.75, 3.05) is 0 Å². The number of halogens is 2. The highest BCUT2D eigenvalue weighted by molar-refractivity contribution is 5.42. The van der Waals surface area contributed by atoms with Gasteiger partial charge in [-0.15, -0.1) is 0 Å². The van der Waals surface area contributed by atoms with Gasteiger partial charge in [-0.1, -0.05) is 12.1 Å². The summed E-state index contributed by atoms with van der Waals surface area (Å²) in [6, 6.07) is 7.47. The van der Waals surface area contributed by atoms with Gasteiger partial charge in [0.25, 0.3) is 0 Å². The molecular weight excluding hydrogens is 282 g/mol. The van der Waals surface area contributed by atoms with Crippen molar-refractivity contribution in [1.29, 1.82) is 0 Å². The predicted molar refractivity (Wildman–Crippen MR) is 72.1 cm³/mol. The molecule has 21 heavy (non-hydrogen) atoms. The van der Waals surface area contributed by atoms with Crippen LogP contribution in [0.5, 0.6) is 11.5 Å². The van der Waals surface area contributed by atoms with E-state index >= 15 is 0 Å². The SMILES string of the molecule is C[C@@H](N)c1ccc(Oc2cc(F)c([N+](=O)[O-])cc2F)cc1. The molecule has 0 aliphatic heterocycles. The Hall–Kier alpha value is -2.54. The summed E-state index contributed by atoms with van der Waals surface area (Å²) in [6.45, 7) is 1.81. The lowest BCUT2D eigenvalue weighted by atomic mass is 10.1. The van der Waals surface area contributed by atoms with E-state index in [1.54, 1.807) is 31.2 Å². The van der Waals surface area contributed by atoms with E-state index in [2.05, 4.69) is 0 Å². The molecule has 0 bridgehead atoms. The number of hydrogen-bond donors (Lipinski definition) is 1. The van der Waals surface area contributed by atoms with Crippen LogP contribution in [0.25, 0.3) is 0 Å². The number of nitro benzene ring substituents is 1. The Balaban J connectivity index is 2.27. The third kappa shape index (κ3) is 3.32. The number of rotatable bonds is 4. The fraction of sp³-hybridized carbons (Fsp3) is 0.143. The van der Waals surface area contributed by atoms with Crippen LogP contribution in [0.2, 0.25) is 0 Å². The molecule has 2 rings (SSSR count). The highest BCUT2D eigenvalue weighted by atomic mass is 19.1. The highest BCUT2D eigenvalue weighted by Gasteiger charge is 2.19. The first-order chi connectivity index (χ1) is 9.88. The Labute approximate surface area is 119 Å². The standard InChI is InChI=1S/C14H12F2N2O3/c1-8(17)9-2-4-10(5-3-9)21-14-7-11(15)13(18(19)20)6-12(14)16/h2-8H,17H2,1H3/t8-/m1/s1. The molecule has 0 unspecified atom stereocenters. The third-order valence-corrected chi connectivity index (χ3v) is 2.83. The summed E-state index contributed by atoms with van der Waals surface area (Å²) >= 11 is 0. The van der Waals surface area contributed by atoms with Crippen LogP contribution in [0.1, 0.15) is 18.5 Å². The Morgan fingerprint density at radius 3 is 2.33 bits per heavy atom. The minimum absolute atomic E-state index is 0.160. The van der Waals surface area contributed by atoms with E-state index in [1.165, 1.54) is 0 Å². The van der Waals surface area contributed by atoms with Gasteiger partial charge in [-0.05, 0) is 24.6 Å². The Morgan fingerprint density at radius 2 is 1.81 bits per heavy atom. The highest BCUT2D eigenvalue weighted by Crippen LogP contribution is 2.30. The molecule has 0 amide bonds. The number of ether oxygens (including phenoxy) is 1.